The Balaban J connectivity index is 2.00. The summed E-state index contributed by atoms with van der Waals surface area (Å²) in [6.07, 6.45) is 4.04. The number of aliphatic carboxylic acids is 1. The zero-order valence-electron chi connectivity index (χ0n) is 16.4. The van der Waals surface area contributed by atoms with E-state index >= 15 is 0 Å². The van der Waals surface area contributed by atoms with Crippen molar-refractivity contribution in [1.29, 1.82) is 0 Å². The van der Waals surface area contributed by atoms with Gasteiger partial charge in [-0.05, 0) is 35.8 Å². The predicted octanol–water partition coefficient (Wildman–Crippen LogP) is 2.56. The van der Waals surface area contributed by atoms with E-state index in [2.05, 4.69) is 33.8 Å². The first-order chi connectivity index (χ1) is 14.3. The summed E-state index contributed by atoms with van der Waals surface area (Å²) >= 11 is 5.20. The summed E-state index contributed by atoms with van der Waals surface area (Å²) in [7, 11) is 0. The Labute approximate surface area is 176 Å². The predicted molar refractivity (Wildman–Crippen MR) is 114 cm³/mol. The molecule has 1 atom stereocenters. The third-order valence-electron chi connectivity index (χ3n) is 4.58. The zero-order chi connectivity index (χ0) is 21.8. The number of rotatable bonds is 7. The number of aromatic nitrogens is 4. The average Bonchev–Trinajstić information content (AvgIpc) is 3.20. The molecular formula is C20H21N5O4S. The number of aromatic hydroxyl groups is 1. The van der Waals surface area contributed by atoms with Crippen molar-refractivity contribution in [3.8, 4) is 11.6 Å². The summed E-state index contributed by atoms with van der Waals surface area (Å²) in [6, 6.07) is 6.21. The molecular weight excluding hydrogens is 406 g/mol. The van der Waals surface area contributed by atoms with Gasteiger partial charge in [-0.3, -0.25) is 19.3 Å². The Bertz CT molecular complexity index is 1180. The van der Waals surface area contributed by atoms with Crippen LogP contribution in [0.4, 0.5) is 0 Å². The third kappa shape index (κ3) is 4.54. The summed E-state index contributed by atoms with van der Waals surface area (Å²) in [5.41, 5.74) is 1.40. The van der Waals surface area contributed by atoms with Crippen molar-refractivity contribution >= 4 is 24.4 Å². The van der Waals surface area contributed by atoms with Gasteiger partial charge in [0.05, 0.1) is 12.0 Å². The third-order valence-corrected chi connectivity index (χ3v) is 4.86. The minimum atomic E-state index is -1.17. The topological polar surface area (TPSA) is 136 Å². The minimum Gasteiger partial charge on any atom is -0.494 e. The van der Waals surface area contributed by atoms with Crippen LogP contribution < -0.4 is 5.56 Å². The summed E-state index contributed by atoms with van der Waals surface area (Å²) in [5.74, 6) is -1.26. The minimum absolute atomic E-state index is 0.0131. The van der Waals surface area contributed by atoms with Gasteiger partial charge in [0.1, 0.15) is 5.56 Å². The fourth-order valence-corrected chi connectivity index (χ4v) is 3.16. The molecule has 0 spiro atoms. The molecule has 3 rings (SSSR count). The molecule has 0 radical (unpaired) electrons. The Hall–Kier alpha value is -3.53. The summed E-state index contributed by atoms with van der Waals surface area (Å²) < 4.78 is 1.31. The number of benzene rings is 1. The van der Waals surface area contributed by atoms with Crippen LogP contribution in [0.5, 0.6) is 5.88 Å². The van der Waals surface area contributed by atoms with Crippen molar-refractivity contribution in [2.75, 3.05) is 0 Å². The molecule has 0 unspecified atom stereocenters. The molecule has 0 aliphatic carbocycles. The Morgan fingerprint density at radius 3 is 2.60 bits per heavy atom. The SMILES string of the molecule is CC(C)c1ccc(-n2c(O)c(C=N[C@@H](Cc3cnc[nH]3)C(=O)O)c(=O)[nH]c2=S)cc1. The van der Waals surface area contributed by atoms with Crippen molar-refractivity contribution in [1.82, 2.24) is 19.5 Å². The number of carbonyl (C=O) groups is 1. The highest BCUT2D eigenvalue weighted by Gasteiger charge is 2.19. The number of aliphatic imine (C=N–C) groups is 1. The lowest BCUT2D eigenvalue weighted by Crippen LogP contribution is -2.23. The molecule has 2 heterocycles. The molecule has 1 aromatic carbocycles. The number of hydrogen-bond acceptors (Lipinski definition) is 6. The van der Waals surface area contributed by atoms with Crippen LogP contribution >= 0.6 is 12.2 Å². The molecule has 0 bridgehead atoms. The van der Waals surface area contributed by atoms with E-state index in [0.29, 0.717) is 17.3 Å². The monoisotopic (exact) mass is 427 g/mol. The largest absolute Gasteiger partial charge is 0.494 e. The van der Waals surface area contributed by atoms with Crippen molar-refractivity contribution in [2.24, 2.45) is 4.99 Å². The number of carboxylic acid groups (broad SMARTS) is 1. The number of nitrogens with one attached hydrogen (secondary N) is 2. The summed E-state index contributed by atoms with van der Waals surface area (Å²) in [6.45, 7) is 4.13. The zero-order valence-corrected chi connectivity index (χ0v) is 17.2. The van der Waals surface area contributed by atoms with E-state index in [4.69, 9.17) is 12.2 Å². The number of carboxylic acids is 1. The van der Waals surface area contributed by atoms with Gasteiger partial charge in [-0.15, -0.1) is 0 Å². The van der Waals surface area contributed by atoms with E-state index in [-0.39, 0.29) is 16.8 Å². The van der Waals surface area contributed by atoms with Crippen molar-refractivity contribution < 1.29 is 15.0 Å². The molecule has 4 N–H and O–H groups in total. The number of aromatic amines is 2. The van der Waals surface area contributed by atoms with Gasteiger partial charge in [-0.25, -0.2) is 9.78 Å². The molecule has 30 heavy (non-hydrogen) atoms. The van der Waals surface area contributed by atoms with Gasteiger partial charge in [-0.2, -0.15) is 0 Å². The second kappa shape index (κ2) is 8.87. The van der Waals surface area contributed by atoms with E-state index in [9.17, 15) is 19.8 Å². The highest BCUT2D eigenvalue weighted by molar-refractivity contribution is 7.71. The quantitative estimate of drug-likeness (QED) is 0.338. The van der Waals surface area contributed by atoms with Crippen LogP contribution in [0.2, 0.25) is 0 Å². The lowest BCUT2D eigenvalue weighted by Gasteiger charge is -2.13. The highest BCUT2D eigenvalue weighted by atomic mass is 32.1. The smallest absolute Gasteiger partial charge is 0.328 e. The first-order valence-electron chi connectivity index (χ1n) is 9.19. The second-order valence-corrected chi connectivity index (χ2v) is 7.38. The van der Waals surface area contributed by atoms with Crippen LogP contribution in [0.3, 0.4) is 0 Å². The summed E-state index contributed by atoms with van der Waals surface area (Å²) in [4.78, 5) is 37.0. The molecule has 9 nitrogen and oxygen atoms in total. The van der Waals surface area contributed by atoms with Gasteiger partial charge in [-0.1, -0.05) is 26.0 Å². The van der Waals surface area contributed by atoms with E-state index in [1.54, 1.807) is 12.1 Å². The van der Waals surface area contributed by atoms with E-state index in [1.807, 2.05) is 12.1 Å². The number of nitrogens with zero attached hydrogens (tertiary/aromatic N) is 3. The maximum Gasteiger partial charge on any atom is 0.328 e. The average molecular weight is 427 g/mol. The van der Waals surface area contributed by atoms with Crippen LogP contribution in [0, 0.1) is 4.77 Å². The molecule has 0 amide bonds. The van der Waals surface area contributed by atoms with Crippen LogP contribution in [0.1, 0.15) is 36.6 Å². The maximum absolute atomic E-state index is 12.3. The molecule has 0 saturated carbocycles. The van der Waals surface area contributed by atoms with Crippen molar-refractivity contribution in [3.63, 3.8) is 0 Å². The lowest BCUT2D eigenvalue weighted by molar-refractivity contribution is -0.138. The molecule has 0 fully saturated rings. The van der Waals surface area contributed by atoms with Gasteiger partial charge in [0.15, 0.2) is 10.8 Å². The standard InChI is InChI=1S/C20H21N5O4S/c1-11(2)12-3-5-14(6-4-12)25-18(27)15(17(26)24-20(25)30)9-22-16(19(28)29)7-13-8-21-10-23-13/h3-6,8-11,16,27H,7H2,1-2H3,(H,21,23)(H,28,29)(H,24,26,30)/t16-/m0/s1. The molecule has 0 aliphatic rings. The van der Waals surface area contributed by atoms with Crippen molar-refractivity contribution in [2.45, 2.75) is 32.2 Å². The molecule has 3 aromatic rings. The van der Waals surface area contributed by atoms with Gasteiger partial charge in [0.25, 0.3) is 5.56 Å². The lowest BCUT2D eigenvalue weighted by atomic mass is 10.0. The van der Waals surface area contributed by atoms with Crippen molar-refractivity contribution in [3.05, 3.63) is 68.7 Å². The Kier molecular flexibility index (Phi) is 6.26. The van der Waals surface area contributed by atoms with Crippen LogP contribution in [0.15, 0.2) is 46.6 Å². The fourth-order valence-electron chi connectivity index (χ4n) is 2.88. The number of imidazole rings is 1. The van der Waals surface area contributed by atoms with Crippen LogP contribution in [-0.4, -0.2) is 48.0 Å². The van der Waals surface area contributed by atoms with E-state index in [1.165, 1.54) is 17.1 Å². The van der Waals surface area contributed by atoms with Crippen LogP contribution in [-0.2, 0) is 11.2 Å². The molecule has 0 aliphatic heterocycles. The summed E-state index contributed by atoms with van der Waals surface area (Å²) in [5, 5.41) is 20.1. The molecule has 10 heteroatoms. The molecule has 0 saturated heterocycles. The Morgan fingerprint density at radius 1 is 1.33 bits per heavy atom. The molecule has 156 valence electrons. The van der Waals surface area contributed by atoms with Crippen LogP contribution in [0.25, 0.3) is 5.69 Å². The maximum atomic E-state index is 12.3. The van der Waals surface area contributed by atoms with Gasteiger partial charge < -0.3 is 15.2 Å². The second-order valence-electron chi connectivity index (χ2n) is 6.99. The first kappa shape index (κ1) is 21.2. The van der Waals surface area contributed by atoms with E-state index in [0.717, 1.165) is 11.8 Å². The highest BCUT2D eigenvalue weighted by Crippen LogP contribution is 2.21. The van der Waals surface area contributed by atoms with Gasteiger partial charge in [0, 0.05) is 24.5 Å². The number of hydrogen-bond donors (Lipinski definition) is 4. The Morgan fingerprint density at radius 2 is 2.03 bits per heavy atom. The first-order valence-corrected chi connectivity index (χ1v) is 9.60. The van der Waals surface area contributed by atoms with Gasteiger partial charge >= 0.3 is 5.97 Å². The fraction of sp³-hybridized carbons (Fsp3) is 0.250. The normalized spacial score (nSPS) is 12.5. The molecule has 2 aromatic heterocycles. The van der Waals surface area contributed by atoms with Gasteiger partial charge in [0.2, 0.25) is 5.88 Å². The van der Waals surface area contributed by atoms with E-state index < -0.39 is 23.5 Å². The number of H-pyrrole nitrogens is 2.